The Morgan fingerprint density at radius 1 is 1.40 bits per heavy atom. The molecular formula is C12H19NO2. The summed E-state index contributed by atoms with van der Waals surface area (Å²) in [5, 5.41) is 9.10. The number of rotatable bonds is 4. The zero-order valence-corrected chi connectivity index (χ0v) is 9.53. The summed E-state index contributed by atoms with van der Waals surface area (Å²) in [5.74, 6) is 0.789. The number of hydrogen-bond donors (Lipinski definition) is 2. The quantitative estimate of drug-likeness (QED) is 0.788. The number of benzene rings is 1. The van der Waals surface area contributed by atoms with E-state index in [0.717, 1.165) is 11.3 Å². The highest BCUT2D eigenvalue weighted by atomic mass is 16.5. The predicted molar refractivity (Wildman–Crippen MR) is 61.1 cm³/mol. The lowest BCUT2D eigenvalue weighted by atomic mass is 10.1. The molecule has 1 aromatic carbocycles. The molecule has 0 heterocycles. The summed E-state index contributed by atoms with van der Waals surface area (Å²) >= 11 is 0. The van der Waals surface area contributed by atoms with Gasteiger partial charge in [0.25, 0.3) is 0 Å². The molecule has 84 valence electrons. The van der Waals surface area contributed by atoms with Crippen LogP contribution in [0.4, 0.5) is 0 Å². The second-order valence-electron chi connectivity index (χ2n) is 3.97. The molecule has 3 nitrogen and oxygen atoms in total. The lowest BCUT2D eigenvalue weighted by Gasteiger charge is -2.21. The van der Waals surface area contributed by atoms with Crippen LogP contribution in [0.15, 0.2) is 18.2 Å². The van der Waals surface area contributed by atoms with Crippen LogP contribution in [0.5, 0.6) is 5.75 Å². The third kappa shape index (κ3) is 3.22. The van der Waals surface area contributed by atoms with E-state index in [0.29, 0.717) is 0 Å². The summed E-state index contributed by atoms with van der Waals surface area (Å²) in [4.78, 5) is 0. The summed E-state index contributed by atoms with van der Waals surface area (Å²) < 4.78 is 5.64. The van der Waals surface area contributed by atoms with Gasteiger partial charge in [-0.15, -0.1) is 0 Å². The van der Waals surface area contributed by atoms with Crippen LogP contribution in [-0.4, -0.2) is 23.9 Å². The van der Waals surface area contributed by atoms with E-state index in [2.05, 4.69) is 0 Å². The Morgan fingerprint density at radius 2 is 2.07 bits per heavy atom. The van der Waals surface area contributed by atoms with Gasteiger partial charge in [-0.2, -0.15) is 0 Å². The monoisotopic (exact) mass is 209 g/mol. The zero-order valence-electron chi connectivity index (χ0n) is 9.53. The number of aryl methyl sites for hydroxylation is 2. The van der Waals surface area contributed by atoms with Gasteiger partial charge in [0.15, 0.2) is 0 Å². The summed E-state index contributed by atoms with van der Waals surface area (Å²) in [6.07, 6.45) is -0.341. The number of nitrogens with two attached hydrogens (primary N) is 1. The molecule has 0 aliphatic carbocycles. The minimum Gasteiger partial charge on any atom is -0.486 e. The van der Waals surface area contributed by atoms with Gasteiger partial charge in [-0.05, 0) is 32.4 Å². The Kier molecular flexibility index (Phi) is 4.12. The van der Waals surface area contributed by atoms with Crippen molar-refractivity contribution in [2.24, 2.45) is 5.73 Å². The first-order valence-corrected chi connectivity index (χ1v) is 5.15. The number of aliphatic hydroxyl groups is 1. The maximum absolute atomic E-state index is 9.10. The van der Waals surface area contributed by atoms with E-state index in [4.69, 9.17) is 15.6 Å². The van der Waals surface area contributed by atoms with Crippen molar-refractivity contribution in [1.82, 2.24) is 0 Å². The maximum Gasteiger partial charge on any atom is 0.136 e. The summed E-state index contributed by atoms with van der Waals surface area (Å²) in [5.41, 5.74) is 7.95. The molecule has 2 atom stereocenters. The van der Waals surface area contributed by atoms with Crippen molar-refractivity contribution in [2.45, 2.75) is 32.9 Å². The highest BCUT2D eigenvalue weighted by Crippen LogP contribution is 2.20. The molecule has 0 fully saturated rings. The minimum absolute atomic E-state index is 0.0645. The topological polar surface area (TPSA) is 55.5 Å². The van der Waals surface area contributed by atoms with Gasteiger partial charge in [-0.1, -0.05) is 17.7 Å². The first-order valence-electron chi connectivity index (χ1n) is 5.15. The predicted octanol–water partition coefficient (Wildman–Crippen LogP) is 1.39. The van der Waals surface area contributed by atoms with Crippen LogP contribution < -0.4 is 10.5 Å². The van der Waals surface area contributed by atoms with Gasteiger partial charge in [-0.3, -0.25) is 0 Å². The van der Waals surface area contributed by atoms with Gasteiger partial charge in [0.2, 0.25) is 0 Å². The molecule has 15 heavy (non-hydrogen) atoms. The fourth-order valence-corrected chi connectivity index (χ4v) is 1.41. The van der Waals surface area contributed by atoms with Gasteiger partial charge >= 0.3 is 0 Å². The molecule has 1 aromatic rings. The molecule has 3 heteroatoms. The SMILES string of the molecule is Cc1ccc(OC(CO)C(C)N)c(C)c1. The highest BCUT2D eigenvalue weighted by molar-refractivity contribution is 5.35. The molecule has 0 aliphatic rings. The molecular weight excluding hydrogens is 190 g/mol. The summed E-state index contributed by atoms with van der Waals surface area (Å²) in [7, 11) is 0. The van der Waals surface area contributed by atoms with Crippen molar-refractivity contribution in [3.8, 4) is 5.75 Å². The van der Waals surface area contributed by atoms with E-state index >= 15 is 0 Å². The maximum atomic E-state index is 9.10. The number of ether oxygens (including phenoxy) is 1. The van der Waals surface area contributed by atoms with Gasteiger partial charge in [-0.25, -0.2) is 0 Å². The van der Waals surface area contributed by atoms with Crippen LogP contribution in [0.3, 0.4) is 0 Å². The third-order valence-electron chi connectivity index (χ3n) is 2.38. The highest BCUT2D eigenvalue weighted by Gasteiger charge is 2.15. The second kappa shape index (κ2) is 5.14. The van der Waals surface area contributed by atoms with Gasteiger partial charge in [0.1, 0.15) is 11.9 Å². The van der Waals surface area contributed by atoms with Crippen LogP contribution in [0, 0.1) is 13.8 Å². The fraction of sp³-hybridized carbons (Fsp3) is 0.500. The lowest BCUT2D eigenvalue weighted by Crippen LogP contribution is -2.39. The van der Waals surface area contributed by atoms with Gasteiger partial charge in [0.05, 0.1) is 6.61 Å². The standard InChI is InChI=1S/C12H19NO2/c1-8-4-5-11(9(2)6-8)15-12(7-14)10(3)13/h4-6,10,12,14H,7,13H2,1-3H3. The molecule has 0 radical (unpaired) electrons. The molecule has 1 rings (SSSR count). The molecule has 0 spiro atoms. The van der Waals surface area contributed by atoms with E-state index < -0.39 is 0 Å². The fourth-order valence-electron chi connectivity index (χ4n) is 1.41. The minimum atomic E-state index is -0.341. The van der Waals surface area contributed by atoms with E-state index in [1.165, 1.54) is 5.56 Å². The molecule has 3 N–H and O–H groups in total. The van der Waals surface area contributed by atoms with E-state index in [1.54, 1.807) is 0 Å². The number of hydrogen-bond acceptors (Lipinski definition) is 3. The number of aliphatic hydroxyl groups excluding tert-OH is 1. The summed E-state index contributed by atoms with van der Waals surface area (Å²) in [6, 6.07) is 5.76. The molecule has 0 saturated heterocycles. The van der Waals surface area contributed by atoms with Crippen molar-refractivity contribution in [2.75, 3.05) is 6.61 Å². The molecule has 0 amide bonds. The average Bonchev–Trinajstić information content (AvgIpc) is 2.16. The lowest BCUT2D eigenvalue weighted by molar-refractivity contribution is 0.0984. The molecule has 0 aliphatic heterocycles. The molecule has 0 aromatic heterocycles. The van der Waals surface area contributed by atoms with Crippen molar-refractivity contribution in [1.29, 1.82) is 0 Å². The Hall–Kier alpha value is -1.06. The summed E-state index contributed by atoms with van der Waals surface area (Å²) in [6.45, 7) is 5.78. The third-order valence-corrected chi connectivity index (χ3v) is 2.38. The van der Waals surface area contributed by atoms with Crippen molar-refractivity contribution < 1.29 is 9.84 Å². The van der Waals surface area contributed by atoms with E-state index in [1.807, 2.05) is 39.0 Å². The van der Waals surface area contributed by atoms with Crippen LogP contribution in [0.2, 0.25) is 0 Å². The Balaban J connectivity index is 2.79. The van der Waals surface area contributed by atoms with Crippen LogP contribution >= 0.6 is 0 Å². The van der Waals surface area contributed by atoms with Crippen LogP contribution in [0.1, 0.15) is 18.1 Å². The Labute approximate surface area is 90.9 Å². The molecule has 2 unspecified atom stereocenters. The average molecular weight is 209 g/mol. The van der Waals surface area contributed by atoms with Gasteiger partial charge < -0.3 is 15.6 Å². The smallest absolute Gasteiger partial charge is 0.136 e. The molecule has 0 saturated carbocycles. The first-order chi connectivity index (χ1) is 7.04. The normalized spacial score (nSPS) is 14.7. The van der Waals surface area contributed by atoms with Gasteiger partial charge in [0, 0.05) is 6.04 Å². The largest absolute Gasteiger partial charge is 0.486 e. The Bertz CT molecular complexity index is 323. The van der Waals surface area contributed by atoms with E-state index in [9.17, 15) is 0 Å². The van der Waals surface area contributed by atoms with Crippen LogP contribution in [-0.2, 0) is 0 Å². The van der Waals surface area contributed by atoms with Crippen molar-refractivity contribution in [3.05, 3.63) is 29.3 Å². The van der Waals surface area contributed by atoms with Crippen LogP contribution in [0.25, 0.3) is 0 Å². The van der Waals surface area contributed by atoms with Crippen molar-refractivity contribution >= 4 is 0 Å². The first kappa shape index (κ1) is 12.0. The van der Waals surface area contributed by atoms with E-state index in [-0.39, 0.29) is 18.8 Å². The molecule has 0 bridgehead atoms. The Morgan fingerprint density at radius 3 is 2.53 bits per heavy atom. The van der Waals surface area contributed by atoms with Crippen molar-refractivity contribution in [3.63, 3.8) is 0 Å². The second-order valence-corrected chi connectivity index (χ2v) is 3.97. The zero-order chi connectivity index (χ0) is 11.4.